The molecule has 1 N–H and O–H groups in total. The number of benzene rings is 1. The molecule has 1 fully saturated rings. The van der Waals surface area contributed by atoms with E-state index in [2.05, 4.69) is 5.32 Å². The summed E-state index contributed by atoms with van der Waals surface area (Å²) in [5, 5.41) is 2.44. The van der Waals surface area contributed by atoms with Crippen LogP contribution in [0, 0.1) is 5.82 Å². The molecule has 3 amide bonds. The minimum Gasteiger partial charge on any atom is -0.449 e. The minimum absolute atomic E-state index is 0.130. The van der Waals surface area contributed by atoms with Crippen molar-refractivity contribution in [3.8, 4) is 0 Å². The summed E-state index contributed by atoms with van der Waals surface area (Å²) in [6.07, 6.45) is -1.35. The van der Waals surface area contributed by atoms with E-state index in [1.54, 1.807) is 13.8 Å². The Morgan fingerprint density at radius 1 is 1.32 bits per heavy atom. The molecule has 9 nitrogen and oxygen atoms in total. The van der Waals surface area contributed by atoms with Crippen LogP contribution in [0.4, 0.5) is 9.18 Å². The molecule has 0 aliphatic carbocycles. The van der Waals surface area contributed by atoms with E-state index in [0.717, 1.165) is 27.4 Å². The predicted octanol–water partition coefficient (Wildman–Crippen LogP) is 0.953. The second-order valence-corrected chi connectivity index (χ2v) is 7.94. The van der Waals surface area contributed by atoms with E-state index in [1.807, 2.05) is 0 Å². The number of hydrogen-bond acceptors (Lipinski definition) is 6. The van der Waals surface area contributed by atoms with Gasteiger partial charge < -0.3 is 10.1 Å². The highest BCUT2D eigenvalue weighted by molar-refractivity contribution is 7.89. The molecule has 0 spiro atoms. The highest BCUT2D eigenvalue weighted by Gasteiger charge is 2.32. The van der Waals surface area contributed by atoms with Gasteiger partial charge in [0.2, 0.25) is 10.0 Å². The Morgan fingerprint density at radius 3 is 2.50 bits per heavy atom. The van der Waals surface area contributed by atoms with Gasteiger partial charge in [-0.2, -0.15) is 4.31 Å². The van der Waals surface area contributed by atoms with Gasteiger partial charge >= 0.3 is 12.0 Å². The van der Waals surface area contributed by atoms with Crippen LogP contribution in [-0.2, 0) is 19.6 Å². The van der Waals surface area contributed by atoms with Crippen LogP contribution in [0.2, 0.25) is 0 Å². The van der Waals surface area contributed by atoms with Gasteiger partial charge in [-0.3, -0.25) is 9.69 Å². The van der Waals surface area contributed by atoms with Gasteiger partial charge in [-0.1, -0.05) is 13.8 Å². The molecule has 1 aromatic carbocycles. The van der Waals surface area contributed by atoms with Crippen LogP contribution in [0.5, 0.6) is 0 Å². The third-order valence-corrected chi connectivity index (χ3v) is 6.30. The van der Waals surface area contributed by atoms with E-state index in [-0.39, 0.29) is 31.1 Å². The Kier molecular flexibility index (Phi) is 6.73. The summed E-state index contributed by atoms with van der Waals surface area (Å²) in [7, 11) is -3.91. The summed E-state index contributed by atoms with van der Waals surface area (Å²) < 4.78 is 45.4. The van der Waals surface area contributed by atoms with Gasteiger partial charge in [0, 0.05) is 26.2 Å². The number of hydrogen-bond donors (Lipinski definition) is 1. The van der Waals surface area contributed by atoms with E-state index >= 15 is 0 Å². The van der Waals surface area contributed by atoms with E-state index in [0.29, 0.717) is 0 Å². The van der Waals surface area contributed by atoms with Crippen LogP contribution >= 0.6 is 0 Å². The highest BCUT2D eigenvalue weighted by atomic mass is 32.2. The average Bonchev–Trinajstić information content (AvgIpc) is 3.07. The fourth-order valence-corrected chi connectivity index (χ4v) is 4.19. The zero-order valence-electron chi connectivity index (χ0n) is 15.8. The smallest absolute Gasteiger partial charge is 0.341 e. The SMILES string of the molecule is CCN(CC)S(=O)(=O)c1ccc(F)c(C(=O)O[C@@H](C)C(=O)N2CCNC2=O)c1. The number of nitrogens with zero attached hydrogens (tertiary/aromatic N) is 2. The number of ether oxygens (including phenoxy) is 1. The van der Waals surface area contributed by atoms with Gasteiger partial charge in [-0.05, 0) is 25.1 Å². The van der Waals surface area contributed by atoms with Crippen molar-refractivity contribution in [2.75, 3.05) is 26.2 Å². The maximum absolute atomic E-state index is 14.1. The quantitative estimate of drug-likeness (QED) is 0.664. The number of rotatable bonds is 7. The van der Waals surface area contributed by atoms with Crippen molar-refractivity contribution in [1.82, 2.24) is 14.5 Å². The topological polar surface area (TPSA) is 113 Å². The first kappa shape index (κ1) is 21.8. The normalized spacial score (nSPS) is 15.5. The second-order valence-electron chi connectivity index (χ2n) is 6.00. The minimum atomic E-state index is -3.91. The third-order valence-electron chi connectivity index (χ3n) is 4.26. The van der Waals surface area contributed by atoms with Crippen molar-refractivity contribution in [1.29, 1.82) is 0 Å². The maximum Gasteiger partial charge on any atom is 0.341 e. The third kappa shape index (κ3) is 4.30. The molecule has 154 valence electrons. The number of amides is 3. The molecule has 11 heteroatoms. The van der Waals surface area contributed by atoms with Crippen LogP contribution < -0.4 is 5.32 Å². The van der Waals surface area contributed by atoms with Gasteiger partial charge in [0.15, 0.2) is 6.10 Å². The zero-order chi connectivity index (χ0) is 21.1. The molecule has 1 aliphatic rings. The van der Waals surface area contributed by atoms with E-state index in [1.165, 1.54) is 6.92 Å². The molecule has 1 saturated heterocycles. The number of carbonyl (C=O) groups is 3. The Labute approximate surface area is 162 Å². The highest BCUT2D eigenvalue weighted by Crippen LogP contribution is 2.20. The summed E-state index contributed by atoms with van der Waals surface area (Å²) in [5.41, 5.74) is -0.612. The van der Waals surface area contributed by atoms with Gasteiger partial charge in [-0.25, -0.2) is 22.4 Å². The summed E-state index contributed by atoms with van der Waals surface area (Å²) >= 11 is 0. The summed E-state index contributed by atoms with van der Waals surface area (Å²) in [6.45, 7) is 5.39. The fourth-order valence-electron chi connectivity index (χ4n) is 2.71. The lowest BCUT2D eigenvalue weighted by molar-refractivity contribution is -0.136. The first-order valence-electron chi connectivity index (χ1n) is 8.73. The molecule has 0 aromatic heterocycles. The van der Waals surface area contributed by atoms with Crippen LogP contribution in [-0.4, -0.2) is 67.8 Å². The summed E-state index contributed by atoms with van der Waals surface area (Å²) in [6, 6.07) is 2.19. The molecule has 1 aliphatic heterocycles. The number of nitrogens with one attached hydrogen (secondary N) is 1. The lowest BCUT2D eigenvalue weighted by atomic mass is 10.2. The molecule has 0 bridgehead atoms. The van der Waals surface area contributed by atoms with Gasteiger partial charge in [0.1, 0.15) is 5.82 Å². The van der Waals surface area contributed by atoms with Gasteiger partial charge in [-0.15, -0.1) is 0 Å². The van der Waals surface area contributed by atoms with Crippen molar-refractivity contribution >= 4 is 27.9 Å². The van der Waals surface area contributed by atoms with Crippen LogP contribution in [0.25, 0.3) is 0 Å². The fraction of sp³-hybridized carbons (Fsp3) is 0.471. The van der Waals surface area contributed by atoms with Crippen molar-refractivity contribution in [3.63, 3.8) is 0 Å². The number of imide groups is 1. The molecule has 1 aromatic rings. The number of sulfonamides is 1. The van der Waals surface area contributed by atoms with Crippen molar-refractivity contribution in [2.45, 2.75) is 31.8 Å². The van der Waals surface area contributed by atoms with Gasteiger partial charge in [0.25, 0.3) is 5.91 Å². The molecule has 28 heavy (non-hydrogen) atoms. The first-order valence-corrected chi connectivity index (χ1v) is 10.2. The van der Waals surface area contributed by atoms with Crippen molar-refractivity contribution < 1.29 is 31.9 Å². The number of esters is 1. The molecule has 1 atom stereocenters. The Morgan fingerprint density at radius 2 is 1.96 bits per heavy atom. The van der Waals surface area contributed by atoms with E-state index < -0.39 is 45.4 Å². The standard InChI is InChI=1S/C17H22FN3O6S/c1-4-20(5-2)28(25,26)12-6-7-14(18)13(10-12)16(23)27-11(3)15(22)21-9-8-19-17(21)24/h6-7,10-11H,4-5,8-9H2,1-3H3,(H,19,24)/t11-/m0/s1. The van der Waals surface area contributed by atoms with Crippen molar-refractivity contribution in [3.05, 3.63) is 29.6 Å². The molecular formula is C17H22FN3O6S. The second kappa shape index (κ2) is 8.65. The van der Waals surface area contributed by atoms with Crippen LogP contribution in [0.3, 0.4) is 0 Å². The lowest BCUT2D eigenvalue weighted by Crippen LogP contribution is -2.41. The maximum atomic E-state index is 14.1. The molecular weight excluding hydrogens is 393 g/mol. The Balaban J connectivity index is 2.23. The van der Waals surface area contributed by atoms with E-state index in [9.17, 15) is 27.2 Å². The zero-order valence-corrected chi connectivity index (χ0v) is 16.6. The number of halogens is 1. The molecule has 0 radical (unpaired) electrons. The van der Waals surface area contributed by atoms with Crippen LogP contribution in [0.15, 0.2) is 23.1 Å². The van der Waals surface area contributed by atoms with Crippen molar-refractivity contribution in [2.24, 2.45) is 0 Å². The Bertz CT molecular complexity index is 885. The largest absolute Gasteiger partial charge is 0.449 e. The van der Waals surface area contributed by atoms with Crippen LogP contribution in [0.1, 0.15) is 31.1 Å². The lowest BCUT2D eigenvalue weighted by Gasteiger charge is -2.20. The predicted molar refractivity (Wildman–Crippen MR) is 96.5 cm³/mol. The Hall–Kier alpha value is -2.53. The number of urea groups is 1. The average molecular weight is 415 g/mol. The molecule has 1 heterocycles. The molecule has 0 unspecified atom stereocenters. The first-order chi connectivity index (χ1) is 13.1. The van der Waals surface area contributed by atoms with E-state index in [4.69, 9.17) is 4.74 Å². The molecule has 2 rings (SSSR count). The summed E-state index contributed by atoms with van der Waals surface area (Å²) in [5.74, 6) is -2.94. The summed E-state index contributed by atoms with van der Waals surface area (Å²) in [4.78, 5) is 36.7. The number of carbonyl (C=O) groups excluding carboxylic acids is 3. The van der Waals surface area contributed by atoms with Gasteiger partial charge in [0.05, 0.1) is 10.5 Å². The monoisotopic (exact) mass is 415 g/mol. The molecule has 0 saturated carbocycles.